The van der Waals surface area contributed by atoms with Gasteiger partial charge in [-0.25, -0.2) is 13.1 Å². The molecule has 0 spiro atoms. The molecule has 7 nitrogen and oxygen atoms in total. The smallest absolute Gasteiger partial charge is 0.243 e. The van der Waals surface area contributed by atoms with E-state index >= 15 is 0 Å². The SMILES string of the molecule is CNCCn1cc(S(=O)(=O)NC2CC(OC)C2)cn1. The fraction of sp³-hybridized carbons (Fsp3) is 0.727. The van der Waals surface area contributed by atoms with Crippen molar-refractivity contribution in [3.8, 4) is 0 Å². The van der Waals surface area contributed by atoms with E-state index in [2.05, 4.69) is 15.1 Å². The third-order valence-corrected chi connectivity index (χ3v) is 4.74. The van der Waals surface area contributed by atoms with E-state index in [1.807, 2.05) is 7.05 Å². The minimum Gasteiger partial charge on any atom is -0.381 e. The first-order chi connectivity index (χ1) is 9.05. The number of hydrogen-bond donors (Lipinski definition) is 2. The molecule has 0 atom stereocenters. The van der Waals surface area contributed by atoms with Gasteiger partial charge in [-0.05, 0) is 19.9 Å². The fourth-order valence-electron chi connectivity index (χ4n) is 1.97. The van der Waals surface area contributed by atoms with Crippen molar-refractivity contribution < 1.29 is 13.2 Å². The Kier molecular flexibility index (Phi) is 4.56. The summed E-state index contributed by atoms with van der Waals surface area (Å²) in [4.78, 5) is 0.212. The molecule has 108 valence electrons. The first kappa shape index (κ1) is 14.4. The highest BCUT2D eigenvalue weighted by Crippen LogP contribution is 2.24. The quantitative estimate of drug-likeness (QED) is 0.710. The molecule has 0 radical (unpaired) electrons. The van der Waals surface area contributed by atoms with Gasteiger partial charge in [0, 0.05) is 25.9 Å². The van der Waals surface area contributed by atoms with Gasteiger partial charge in [-0.3, -0.25) is 4.68 Å². The maximum Gasteiger partial charge on any atom is 0.243 e. The van der Waals surface area contributed by atoms with Gasteiger partial charge in [0.15, 0.2) is 0 Å². The van der Waals surface area contributed by atoms with Crippen LogP contribution in [0.15, 0.2) is 17.3 Å². The number of aromatic nitrogens is 2. The molecule has 0 saturated heterocycles. The summed E-state index contributed by atoms with van der Waals surface area (Å²) in [6.07, 6.45) is 4.55. The Hall–Kier alpha value is -0.960. The van der Waals surface area contributed by atoms with E-state index in [4.69, 9.17) is 4.74 Å². The zero-order valence-electron chi connectivity index (χ0n) is 11.2. The number of nitrogens with one attached hydrogen (secondary N) is 2. The number of rotatable bonds is 7. The van der Waals surface area contributed by atoms with Crippen LogP contribution in [0, 0.1) is 0 Å². The summed E-state index contributed by atoms with van der Waals surface area (Å²) in [7, 11) is 0.0134. The van der Waals surface area contributed by atoms with Crippen molar-refractivity contribution >= 4 is 10.0 Å². The van der Waals surface area contributed by atoms with E-state index in [0.717, 1.165) is 19.4 Å². The van der Waals surface area contributed by atoms with Gasteiger partial charge >= 0.3 is 0 Å². The second kappa shape index (κ2) is 6.00. The molecule has 2 N–H and O–H groups in total. The maximum atomic E-state index is 12.1. The second-order valence-electron chi connectivity index (χ2n) is 4.69. The Balaban J connectivity index is 1.94. The summed E-state index contributed by atoms with van der Waals surface area (Å²) in [5.74, 6) is 0. The number of sulfonamides is 1. The van der Waals surface area contributed by atoms with Crippen molar-refractivity contribution in [1.82, 2.24) is 19.8 Å². The lowest BCUT2D eigenvalue weighted by Gasteiger charge is -2.34. The molecule has 1 aliphatic rings. The molecule has 1 heterocycles. The van der Waals surface area contributed by atoms with Crippen molar-refractivity contribution in [2.45, 2.75) is 36.4 Å². The van der Waals surface area contributed by atoms with Crippen LogP contribution < -0.4 is 10.0 Å². The molecule has 1 aromatic heterocycles. The number of ether oxygens (including phenoxy) is 1. The van der Waals surface area contributed by atoms with Crippen LogP contribution in [0.3, 0.4) is 0 Å². The summed E-state index contributed by atoms with van der Waals surface area (Å²) in [5, 5.41) is 7.02. The van der Waals surface area contributed by atoms with Gasteiger partial charge in [0.2, 0.25) is 10.0 Å². The number of methoxy groups -OCH3 is 1. The Morgan fingerprint density at radius 2 is 2.26 bits per heavy atom. The Morgan fingerprint density at radius 3 is 2.89 bits per heavy atom. The van der Waals surface area contributed by atoms with Gasteiger partial charge in [-0.15, -0.1) is 0 Å². The average molecular weight is 288 g/mol. The van der Waals surface area contributed by atoms with Gasteiger partial charge < -0.3 is 10.1 Å². The molecule has 2 rings (SSSR count). The van der Waals surface area contributed by atoms with Gasteiger partial charge in [0.25, 0.3) is 0 Å². The normalized spacial score (nSPS) is 23.3. The van der Waals surface area contributed by atoms with Crippen molar-refractivity contribution in [2.75, 3.05) is 20.7 Å². The predicted octanol–water partition coefficient (Wildman–Crippen LogP) is -0.442. The molecule has 1 saturated carbocycles. The van der Waals surface area contributed by atoms with Crippen LogP contribution in [0.4, 0.5) is 0 Å². The summed E-state index contributed by atoms with van der Waals surface area (Å²) >= 11 is 0. The van der Waals surface area contributed by atoms with Crippen LogP contribution in [0.25, 0.3) is 0 Å². The molecule has 1 fully saturated rings. The zero-order valence-corrected chi connectivity index (χ0v) is 12.0. The van der Waals surface area contributed by atoms with E-state index < -0.39 is 10.0 Å². The van der Waals surface area contributed by atoms with Crippen LogP contribution in [0.1, 0.15) is 12.8 Å². The highest BCUT2D eigenvalue weighted by atomic mass is 32.2. The van der Waals surface area contributed by atoms with E-state index in [9.17, 15) is 8.42 Å². The van der Waals surface area contributed by atoms with E-state index in [-0.39, 0.29) is 17.0 Å². The third-order valence-electron chi connectivity index (χ3n) is 3.26. The Bertz CT molecular complexity index is 508. The third kappa shape index (κ3) is 3.53. The van der Waals surface area contributed by atoms with Crippen LogP contribution in [-0.2, 0) is 21.3 Å². The Labute approximate surface area is 113 Å². The van der Waals surface area contributed by atoms with E-state index in [1.165, 1.54) is 6.20 Å². The molecule has 0 bridgehead atoms. The molecule has 8 heteroatoms. The molecular formula is C11H20N4O3S. The van der Waals surface area contributed by atoms with Gasteiger partial charge in [-0.2, -0.15) is 5.10 Å². The highest BCUT2D eigenvalue weighted by Gasteiger charge is 2.33. The summed E-state index contributed by atoms with van der Waals surface area (Å²) in [5.41, 5.74) is 0. The minimum atomic E-state index is -3.47. The van der Waals surface area contributed by atoms with Crippen molar-refractivity contribution in [3.63, 3.8) is 0 Å². The molecule has 1 aromatic rings. The van der Waals surface area contributed by atoms with Gasteiger partial charge in [0.05, 0.1) is 18.8 Å². The van der Waals surface area contributed by atoms with Crippen molar-refractivity contribution in [1.29, 1.82) is 0 Å². The van der Waals surface area contributed by atoms with Crippen molar-refractivity contribution in [3.05, 3.63) is 12.4 Å². The lowest BCUT2D eigenvalue weighted by Crippen LogP contribution is -2.47. The monoisotopic (exact) mass is 288 g/mol. The predicted molar refractivity (Wildman–Crippen MR) is 70.3 cm³/mol. The first-order valence-corrected chi connectivity index (χ1v) is 7.75. The van der Waals surface area contributed by atoms with Crippen LogP contribution in [0.2, 0.25) is 0 Å². The molecule has 0 aliphatic heterocycles. The Morgan fingerprint density at radius 1 is 1.53 bits per heavy atom. The lowest BCUT2D eigenvalue weighted by atomic mass is 9.90. The fourth-order valence-corrected chi connectivity index (χ4v) is 3.19. The van der Waals surface area contributed by atoms with Gasteiger partial charge in [0.1, 0.15) is 4.90 Å². The molecule has 0 aromatic carbocycles. The number of hydrogen-bond acceptors (Lipinski definition) is 5. The number of nitrogens with zero attached hydrogens (tertiary/aromatic N) is 2. The standard InChI is InChI=1S/C11H20N4O3S/c1-12-3-4-15-8-11(7-13-15)19(16,17)14-9-5-10(6-9)18-2/h7-10,12,14H,3-6H2,1-2H3. The molecule has 0 amide bonds. The number of likely N-dealkylation sites (N-methyl/N-ethyl adjacent to an activating group) is 1. The largest absolute Gasteiger partial charge is 0.381 e. The second-order valence-corrected chi connectivity index (χ2v) is 6.40. The zero-order chi connectivity index (χ0) is 13.9. The lowest BCUT2D eigenvalue weighted by molar-refractivity contribution is 0.0236. The van der Waals surface area contributed by atoms with Gasteiger partial charge in [-0.1, -0.05) is 0 Å². The molecule has 19 heavy (non-hydrogen) atoms. The van der Waals surface area contributed by atoms with Crippen LogP contribution in [-0.4, -0.2) is 51.0 Å². The topological polar surface area (TPSA) is 85.2 Å². The molecular weight excluding hydrogens is 268 g/mol. The van der Waals surface area contributed by atoms with Crippen molar-refractivity contribution in [2.24, 2.45) is 0 Å². The van der Waals surface area contributed by atoms with E-state index in [0.29, 0.717) is 6.54 Å². The molecule has 0 unspecified atom stereocenters. The molecule has 1 aliphatic carbocycles. The summed E-state index contributed by atoms with van der Waals surface area (Å²) in [6, 6.07) is -0.0318. The average Bonchev–Trinajstić information content (AvgIpc) is 2.80. The van der Waals surface area contributed by atoms with E-state index in [1.54, 1.807) is 18.0 Å². The first-order valence-electron chi connectivity index (χ1n) is 6.27. The van der Waals surface area contributed by atoms with Crippen LogP contribution >= 0.6 is 0 Å². The summed E-state index contributed by atoms with van der Waals surface area (Å²) < 4.78 is 33.6. The highest BCUT2D eigenvalue weighted by molar-refractivity contribution is 7.89. The maximum absolute atomic E-state index is 12.1. The summed E-state index contributed by atoms with van der Waals surface area (Å²) in [6.45, 7) is 1.38. The van der Waals surface area contributed by atoms with Crippen LogP contribution in [0.5, 0.6) is 0 Å². The minimum absolute atomic E-state index is 0.0318.